The number of nitrogens with zero attached hydrogens (tertiary/aromatic N) is 2. The summed E-state index contributed by atoms with van der Waals surface area (Å²) < 4.78 is 0.522. The Morgan fingerprint density at radius 1 is 1.53 bits per heavy atom. The van der Waals surface area contributed by atoms with Gasteiger partial charge in [-0.25, -0.2) is 0 Å². The fourth-order valence-corrected chi connectivity index (χ4v) is 2.80. The van der Waals surface area contributed by atoms with E-state index in [0.29, 0.717) is 23.1 Å². The molecule has 1 aromatic rings. The standard InChI is InChI=1S/C12H14BrN3O3/c13-9-4-8(5-11(6-9)16(18)19)12(17)15-3-1-2-10(15)7-14/h4-6,10H,1-3,7,14H2. The second-order valence-electron chi connectivity index (χ2n) is 4.49. The molecule has 19 heavy (non-hydrogen) atoms. The number of benzene rings is 1. The molecule has 6 nitrogen and oxygen atoms in total. The molecule has 1 fully saturated rings. The van der Waals surface area contributed by atoms with Crippen LogP contribution in [0.5, 0.6) is 0 Å². The maximum Gasteiger partial charge on any atom is 0.271 e. The number of nitro groups is 1. The molecule has 1 aliphatic heterocycles. The van der Waals surface area contributed by atoms with Crippen LogP contribution in [0.4, 0.5) is 5.69 Å². The van der Waals surface area contributed by atoms with E-state index in [4.69, 9.17) is 5.73 Å². The molecule has 1 unspecified atom stereocenters. The second-order valence-corrected chi connectivity index (χ2v) is 5.40. The average Bonchev–Trinajstić information content (AvgIpc) is 2.85. The predicted octanol–water partition coefficient (Wildman–Crippen LogP) is 1.92. The lowest BCUT2D eigenvalue weighted by molar-refractivity contribution is -0.385. The molecular weight excluding hydrogens is 314 g/mol. The summed E-state index contributed by atoms with van der Waals surface area (Å²) in [7, 11) is 0. The van der Waals surface area contributed by atoms with Crippen molar-refractivity contribution in [3.63, 3.8) is 0 Å². The summed E-state index contributed by atoms with van der Waals surface area (Å²) >= 11 is 3.19. The number of rotatable bonds is 3. The molecule has 0 aromatic heterocycles. The zero-order valence-corrected chi connectivity index (χ0v) is 11.8. The van der Waals surface area contributed by atoms with Gasteiger partial charge in [0.05, 0.1) is 4.92 Å². The van der Waals surface area contributed by atoms with E-state index in [1.54, 1.807) is 11.0 Å². The van der Waals surface area contributed by atoms with Gasteiger partial charge in [0.25, 0.3) is 11.6 Å². The molecule has 0 saturated carbocycles. The summed E-state index contributed by atoms with van der Waals surface area (Å²) in [6, 6.07) is 4.31. The van der Waals surface area contributed by atoms with Crippen LogP contribution < -0.4 is 5.73 Å². The fourth-order valence-electron chi connectivity index (χ4n) is 2.32. The van der Waals surface area contributed by atoms with Gasteiger partial charge in [0, 0.05) is 41.3 Å². The van der Waals surface area contributed by atoms with E-state index in [1.807, 2.05) is 0 Å². The SMILES string of the molecule is NCC1CCCN1C(=O)c1cc(Br)cc([N+](=O)[O-])c1. The first kappa shape index (κ1) is 14.0. The van der Waals surface area contributed by atoms with E-state index < -0.39 is 4.92 Å². The lowest BCUT2D eigenvalue weighted by Crippen LogP contribution is -2.39. The van der Waals surface area contributed by atoms with Crippen molar-refractivity contribution in [2.75, 3.05) is 13.1 Å². The van der Waals surface area contributed by atoms with Crippen LogP contribution in [0.15, 0.2) is 22.7 Å². The van der Waals surface area contributed by atoms with E-state index in [0.717, 1.165) is 12.8 Å². The lowest BCUT2D eigenvalue weighted by Gasteiger charge is -2.23. The number of halogens is 1. The number of nitro benzene ring substituents is 1. The van der Waals surface area contributed by atoms with Gasteiger partial charge in [0.1, 0.15) is 0 Å². The van der Waals surface area contributed by atoms with Crippen LogP contribution in [0.3, 0.4) is 0 Å². The van der Waals surface area contributed by atoms with Gasteiger partial charge >= 0.3 is 0 Å². The quantitative estimate of drug-likeness (QED) is 0.678. The van der Waals surface area contributed by atoms with Crippen LogP contribution in [-0.4, -0.2) is 34.9 Å². The normalized spacial score (nSPS) is 18.6. The predicted molar refractivity (Wildman–Crippen MR) is 73.9 cm³/mol. The highest BCUT2D eigenvalue weighted by molar-refractivity contribution is 9.10. The van der Waals surface area contributed by atoms with E-state index >= 15 is 0 Å². The van der Waals surface area contributed by atoms with Crippen molar-refractivity contribution >= 4 is 27.5 Å². The molecule has 2 rings (SSSR count). The molecule has 2 N–H and O–H groups in total. The minimum Gasteiger partial charge on any atom is -0.334 e. The van der Waals surface area contributed by atoms with Gasteiger partial charge in [-0.1, -0.05) is 15.9 Å². The first-order chi connectivity index (χ1) is 9.02. The molecule has 0 aliphatic carbocycles. The summed E-state index contributed by atoms with van der Waals surface area (Å²) in [5.74, 6) is -0.197. The third-order valence-corrected chi connectivity index (χ3v) is 3.71. The third-order valence-electron chi connectivity index (χ3n) is 3.25. The Morgan fingerprint density at radius 3 is 2.89 bits per heavy atom. The maximum atomic E-state index is 12.4. The fraction of sp³-hybridized carbons (Fsp3) is 0.417. The second kappa shape index (κ2) is 5.66. The number of nitrogens with two attached hydrogens (primary N) is 1. The maximum absolute atomic E-state index is 12.4. The minimum atomic E-state index is -0.508. The summed E-state index contributed by atoms with van der Waals surface area (Å²) in [4.78, 5) is 24.4. The van der Waals surface area contributed by atoms with E-state index in [1.165, 1.54) is 12.1 Å². The molecule has 1 atom stereocenters. The van der Waals surface area contributed by atoms with Crippen LogP contribution in [0.2, 0.25) is 0 Å². The molecule has 1 amide bonds. The molecule has 1 heterocycles. The smallest absolute Gasteiger partial charge is 0.271 e. The van der Waals surface area contributed by atoms with Crippen molar-refractivity contribution in [3.8, 4) is 0 Å². The van der Waals surface area contributed by atoms with Gasteiger partial charge < -0.3 is 10.6 Å². The number of amides is 1. The highest BCUT2D eigenvalue weighted by Gasteiger charge is 2.29. The largest absolute Gasteiger partial charge is 0.334 e. The van der Waals surface area contributed by atoms with Crippen LogP contribution in [0, 0.1) is 10.1 Å². The lowest BCUT2D eigenvalue weighted by atomic mass is 10.1. The van der Waals surface area contributed by atoms with Gasteiger partial charge in [-0.3, -0.25) is 14.9 Å². The van der Waals surface area contributed by atoms with Gasteiger partial charge in [-0.05, 0) is 18.9 Å². The van der Waals surface area contributed by atoms with Crippen LogP contribution in [0.25, 0.3) is 0 Å². The van der Waals surface area contributed by atoms with Crippen LogP contribution in [-0.2, 0) is 0 Å². The average molecular weight is 328 g/mol. The Morgan fingerprint density at radius 2 is 2.26 bits per heavy atom. The molecule has 1 aliphatic rings. The molecule has 0 spiro atoms. The monoisotopic (exact) mass is 327 g/mol. The molecule has 1 saturated heterocycles. The summed E-state index contributed by atoms with van der Waals surface area (Å²) in [6.45, 7) is 1.07. The Hall–Kier alpha value is -1.47. The zero-order chi connectivity index (χ0) is 14.0. The molecular formula is C12H14BrN3O3. The Balaban J connectivity index is 2.30. The van der Waals surface area contributed by atoms with Crippen molar-refractivity contribution in [1.29, 1.82) is 0 Å². The number of non-ortho nitro benzene ring substituents is 1. The summed E-state index contributed by atoms with van der Waals surface area (Å²) in [6.07, 6.45) is 1.81. The highest BCUT2D eigenvalue weighted by atomic mass is 79.9. The Kier molecular flexibility index (Phi) is 4.16. The number of carbonyl (C=O) groups excluding carboxylic acids is 1. The van der Waals surface area contributed by atoms with Crippen molar-refractivity contribution in [3.05, 3.63) is 38.3 Å². The molecule has 7 heteroatoms. The number of hydrogen-bond acceptors (Lipinski definition) is 4. The third kappa shape index (κ3) is 2.93. The first-order valence-electron chi connectivity index (χ1n) is 5.99. The Labute approximate surface area is 118 Å². The van der Waals surface area contributed by atoms with Crippen molar-refractivity contribution < 1.29 is 9.72 Å². The number of hydrogen-bond donors (Lipinski definition) is 1. The van der Waals surface area contributed by atoms with Crippen LogP contribution in [0.1, 0.15) is 23.2 Å². The zero-order valence-electron chi connectivity index (χ0n) is 10.2. The van der Waals surface area contributed by atoms with Gasteiger partial charge in [0.2, 0.25) is 0 Å². The molecule has 0 bridgehead atoms. The summed E-state index contributed by atoms with van der Waals surface area (Å²) in [5.41, 5.74) is 5.86. The highest BCUT2D eigenvalue weighted by Crippen LogP contribution is 2.25. The topological polar surface area (TPSA) is 89.5 Å². The van der Waals surface area contributed by atoms with E-state index in [2.05, 4.69) is 15.9 Å². The van der Waals surface area contributed by atoms with Crippen molar-refractivity contribution in [2.24, 2.45) is 5.73 Å². The number of carbonyl (C=O) groups is 1. The number of likely N-dealkylation sites (tertiary alicyclic amines) is 1. The molecule has 102 valence electrons. The first-order valence-corrected chi connectivity index (χ1v) is 6.78. The van der Waals surface area contributed by atoms with Crippen LogP contribution >= 0.6 is 15.9 Å². The summed E-state index contributed by atoms with van der Waals surface area (Å²) in [5, 5.41) is 10.8. The minimum absolute atomic E-state index is 0.0329. The van der Waals surface area contributed by atoms with Gasteiger partial charge in [-0.2, -0.15) is 0 Å². The van der Waals surface area contributed by atoms with E-state index in [9.17, 15) is 14.9 Å². The molecule has 0 radical (unpaired) electrons. The van der Waals surface area contributed by atoms with Gasteiger partial charge in [-0.15, -0.1) is 0 Å². The van der Waals surface area contributed by atoms with Gasteiger partial charge in [0.15, 0.2) is 0 Å². The van der Waals surface area contributed by atoms with Crippen molar-refractivity contribution in [2.45, 2.75) is 18.9 Å². The van der Waals surface area contributed by atoms with E-state index in [-0.39, 0.29) is 17.6 Å². The molecule has 1 aromatic carbocycles. The van der Waals surface area contributed by atoms with Crippen molar-refractivity contribution in [1.82, 2.24) is 4.90 Å². The Bertz CT molecular complexity index is 521.